The quantitative estimate of drug-likeness (QED) is 0.288. The fourth-order valence-electron chi connectivity index (χ4n) is 3.07. The fraction of sp³-hybridized carbons (Fsp3) is 0.318. The van der Waals surface area contributed by atoms with Crippen LogP contribution >= 0.6 is 11.8 Å². The number of ether oxygens (including phenoxy) is 1. The second-order valence-corrected chi connectivity index (χ2v) is 8.24. The van der Waals surface area contributed by atoms with Gasteiger partial charge in [0.15, 0.2) is 11.0 Å². The largest absolute Gasteiger partial charge is 0.485 e. The van der Waals surface area contributed by atoms with E-state index in [0.717, 1.165) is 16.9 Å². The van der Waals surface area contributed by atoms with Crippen LogP contribution in [0, 0.1) is 30.9 Å². The van der Waals surface area contributed by atoms with Crippen LogP contribution in [0.1, 0.15) is 29.4 Å². The first-order chi connectivity index (χ1) is 15.3. The molecule has 1 heterocycles. The Morgan fingerprint density at radius 1 is 1.16 bits per heavy atom. The Labute approximate surface area is 190 Å². The minimum atomic E-state index is -0.467. The van der Waals surface area contributed by atoms with Gasteiger partial charge in [-0.15, -0.1) is 10.2 Å². The lowest BCUT2D eigenvalue weighted by Gasteiger charge is -2.11. The van der Waals surface area contributed by atoms with Gasteiger partial charge in [-0.05, 0) is 51.0 Å². The van der Waals surface area contributed by atoms with Crippen LogP contribution in [0.5, 0.6) is 5.75 Å². The number of nitro groups is 1. The number of aromatic nitrogens is 3. The highest BCUT2D eigenvalue weighted by atomic mass is 32.2. The minimum absolute atomic E-state index is 0.0327. The lowest BCUT2D eigenvalue weighted by atomic mass is 10.1. The Hall–Kier alpha value is -3.40. The monoisotopic (exact) mass is 455 g/mol. The molecular formula is C22H25N5O4S. The molecule has 0 saturated carbocycles. The number of hydrogen-bond donors (Lipinski definition) is 1. The number of thioether (sulfide) groups is 1. The zero-order valence-electron chi connectivity index (χ0n) is 18.4. The van der Waals surface area contributed by atoms with Gasteiger partial charge in [-0.2, -0.15) is 0 Å². The molecule has 0 aliphatic rings. The molecule has 168 valence electrons. The van der Waals surface area contributed by atoms with E-state index in [4.69, 9.17) is 4.74 Å². The van der Waals surface area contributed by atoms with Gasteiger partial charge in [-0.3, -0.25) is 14.9 Å². The van der Waals surface area contributed by atoms with Crippen LogP contribution in [-0.2, 0) is 17.9 Å². The van der Waals surface area contributed by atoms with E-state index in [1.54, 1.807) is 19.1 Å². The van der Waals surface area contributed by atoms with E-state index in [2.05, 4.69) is 15.5 Å². The van der Waals surface area contributed by atoms with Gasteiger partial charge in [-0.1, -0.05) is 30.0 Å². The molecule has 0 saturated heterocycles. The highest BCUT2D eigenvalue weighted by molar-refractivity contribution is 7.99. The van der Waals surface area contributed by atoms with E-state index in [-0.39, 0.29) is 24.0 Å². The summed E-state index contributed by atoms with van der Waals surface area (Å²) in [6.45, 7) is 8.52. The molecule has 1 amide bonds. The average molecular weight is 456 g/mol. The smallest absolute Gasteiger partial charge is 0.274 e. The van der Waals surface area contributed by atoms with Crippen molar-refractivity contribution in [2.24, 2.45) is 0 Å². The van der Waals surface area contributed by atoms with Gasteiger partial charge in [0.25, 0.3) is 5.69 Å². The Bertz CT molecular complexity index is 1150. The Morgan fingerprint density at radius 3 is 2.62 bits per heavy atom. The van der Waals surface area contributed by atoms with Gasteiger partial charge >= 0.3 is 0 Å². The van der Waals surface area contributed by atoms with Gasteiger partial charge < -0.3 is 14.6 Å². The van der Waals surface area contributed by atoms with Crippen LogP contribution in [0.4, 0.5) is 11.4 Å². The van der Waals surface area contributed by atoms with Crippen LogP contribution in [0.15, 0.2) is 41.6 Å². The number of benzene rings is 2. The molecule has 0 unspecified atom stereocenters. The summed E-state index contributed by atoms with van der Waals surface area (Å²) in [4.78, 5) is 23.0. The molecule has 1 aromatic heterocycles. The molecule has 0 radical (unpaired) electrons. The number of anilines is 1. The number of nitrogens with one attached hydrogen (secondary N) is 1. The van der Waals surface area contributed by atoms with Crippen LogP contribution < -0.4 is 10.1 Å². The molecule has 10 heteroatoms. The third-order valence-electron chi connectivity index (χ3n) is 4.83. The van der Waals surface area contributed by atoms with Crippen molar-refractivity contribution in [1.29, 1.82) is 0 Å². The fourth-order valence-corrected chi connectivity index (χ4v) is 3.89. The molecule has 0 aliphatic heterocycles. The zero-order chi connectivity index (χ0) is 23.3. The van der Waals surface area contributed by atoms with Crippen LogP contribution in [0.25, 0.3) is 0 Å². The van der Waals surface area contributed by atoms with Crippen molar-refractivity contribution in [2.75, 3.05) is 11.1 Å². The van der Waals surface area contributed by atoms with Gasteiger partial charge in [0.05, 0.1) is 10.7 Å². The first-order valence-corrected chi connectivity index (χ1v) is 11.1. The van der Waals surface area contributed by atoms with E-state index in [1.165, 1.54) is 17.8 Å². The summed E-state index contributed by atoms with van der Waals surface area (Å²) in [7, 11) is 0. The Morgan fingerprint density at radius 2 is 1.91 bits per heavy atom. The van der Waals surface area contributed by atoms with Crippen molar-refractivity contribution in [3.8, 4) is 5.75 Å². The van der Waals surface area contributed by atoms with E-state index in [9.17, 15) is 14.9 Å². The summed E-state index contributed by atoms with van der Waals surface area (Å²) in [6.07, 6.45) is 0. The first kappa shape index (κ1) is 23.3. The molecule has 0 fully saturated rings. The second kappa shape index (κ2) is 10.3. The predicted octanol–water partition coefficient (Wildman–Crippen LogP) is 4.44. The predicted molar refractivity (Wildman–Crippen MR) is 123 cm³/mol. The SMILES string of the molecule is CCn1c(COc2cc(C)ccc2C)nnc1SCC(=O)Nc1ccc(C)c([N+](=O)[O-])c1. The van der Waals surface area contributed by atoms with E-state index >= 15 is 0 Å². The summed E-state index contributed by atoms with van der Waals surface area (Å²) < 4.78 is 7.84. The molecule has 32 heavy (non-hydrogen) atoms. The maximum absolute atomic E-state index is 12.4. The first-order valence-electron chi connectivity index (χ1n) is 10.1. The number of carbonyl (C=O) groups excluding carboxylic acids is 1. The lowest BCUT2D eigenvalue weighted by Crippen LogP contribution is -2.15. The van der Waals surface area contributed by atoms with Crippen LogP contribution in [-0.4, -0.2) is 31.3 Å². The molecular weight excluding hydrogens is 430 g/mol. The molecule has 0 aliphatic carbocycles. The molecule has 3 rings (SSSR count). The van der Waals surface area contributed by atoms with E-state index in [1.807, 2.05) is 43.5 Å². The summed E-state index contributed by atoms with van der Waals surface area (Å²) >= 11 is 1.25. The van der Waals surface area contributed by atoms with Crippen LogP contribution in [0.3, 0.4) is 0 Å². The second-order valence-electron chi connectivity index (χ2n) is 7.30. The van der Waals surface area contributed by atoms with Crippen LogP contribution in [0.2, 0.25) is 0 Å². The topological polar surface area (TPSA) is 112 Å². The third kappa shape index (κ3) is 5.64. The number of aryl methyl sites for hydroxylation is 3. The van der Waals surface area contributed by atoms with Crippen molar-refractivity contribution in [3.63, 3.8) is 0 Å². The minimum Gasteiger partial charge on any atom is -0.485 e. The molecule has 0 atom stereocenters. The van der Waals surface area contributed by atoms with Crippen molar-refractivity contribution in [1.82, 2.24) is 14.8 Å². The number of amides is 1. The molecule has 3 aromatic rings. The van der Waals surface area contributed by atoms with E-state index in [0.29, 0.717) is 28.8 Å². The molecule has 9 nitrogen and oxygen atoms in total. The van der Waals surface area contributed by atoms with Crippen molar-refractivity contribution < 1.29 is 14.5 Å². The molecule has 2 aromatic carbocycles. The number of rotatable bonds is 9. The van der Waals surface area contributed by atoms with Crippen molar-refractivity contribution >= 4 is 29.0 Å². The van der Waals surface area contributed by atoms with Crippen molar-refractivity contribution in [2.45, 2.75) is 46.0 Å². The van der Waals surface area contributed by atoms with Gasteiger partial charge in [0.2, 0.25) is 5.91 Å². The standard InChI is InChI=1S/C22H25N5O4S/c1-5-26-20(12-31-19-10-14(2)6-7-16(19)4)24-25-22(26)32-13-21(28)23-17-9-8-15(3)18(11-17)27(29)30/h6-11H,5,12-13H2,1-4H3,(H,23,28). The Kier molecular flexibility index (Phi) is 7.47. The summed E-state index contributed by atoms with van der Waals surface area (Å²) in [6, 6.07) is 10.6. The summed E-state index contributed by atoms with van der Waals surface area (Å²) in [5.74, 6) is 1.28. The molecule has 1 N–H and O–H groups in total. The van der Waals surface area contributed by atoms with E-state index < -0.39 is 4.92 Å². The van der Waals surface area contributed by atoms with Gasteiger partial charge in [0.1, 0.15) is 12.4 Å². The average Bonchev–Trinajstić information content (AvgIpc) is 3.15. The summed E-state index contributed by atoms with van der Waals surface area (Å²) in [5, 5.41) is 22.8. The maximum atomic E-state index is 12.4. The van der Waals surface area contributed by atoms with Crippen molar-refractivity contribution in [3.05, 3.63) is 69.0 Å². The Balaban J connectivity index is 1.61. The number of hydrogen-bond acceptors (Lipinski definition) is 7. The molecule has 0 bridgehead atoms. The highest BCUT2D eigenvalue weighted by Crippen LogP contribution is 2.24. The highest BCUT2D eigenvalue weighted by Gasteiger charge is 2.16. The third-order valence-corrected chi connectivity index (χ3v) is 5.80. The number of carbonyl (C=O) groups is 1. The van der Waals surface area contributed by atoms with Gasteiger partial charge in [0, 0.05) is 23.9 Å². The summed E-state index contributed by atoms with van der Waals surface area (Å²) in [5.41, 5.74) is 3.04. The number of nitro benzene ring substituents is 1. The zero-order valence-corrected chi connectivity index (χ0v) is 19.2. The maximum Gasteiger partial charge on any atom is 0.274 e. The van der Waals surface area contributed by atoms with Gasteiger partial charge in [-0.25, -0.2) is 0 Å². The molecule has 0 spiro atoms. The normalized spacial score (nSPS) is 10.8. The lowest BCUT2D eigenvalue weighted by molar-refractivity contribution is -0.385. The number of nitrogens with zero attached hydrogens (tertiary/aromatic N) is 4.